The molecule has 0 aliphatic heterocycles. The van der Waals surface area contributed by atoms with Crippen LogP contribution in [0.15, 0.2) is 148 Å². The quantitative estimate of drug-likeness (QED) is 0.0539. The molecule has 5 aromatic heterocycles. The molecule has 1 aliphatic rings. The number of anilines is 4. The molecule has 0 bridgehead atoms. The average Bonchev–Trinajstić information content (AvgIpc) is 3.65. The van der Waals surface area contributed by atoms with Crippen molar-refractivity contribution in [3.63, 3.8) is 0 Å². The van der Waals surface area contributed by atoms with Crippen molar-refractivity contribution < 1.29 is 44.1 Å². The molecule has 1 fully saturated rings. The van der Waals surface area contributed by atoms with Gasteiger partial charge in [0, 0.05) is 108 Å². The van der Waals surface area contributed by atoms with E-state index in [-0.39, 0.29) is 43.4 Å². The number of carboxylic acids is 3. The molecule has 4 aromatic carbocycles. The van der Waals surface area contributed by atoms with Crippen molar-refractivity contribution in [3.05, 3.63) is 170 Å². The van der Waals surface area contributed by atoms with Gasteiger partial charge in [-0.3, -0.25) is 43.5 Å². The van der Waals surface area contributed by atoms with Crippen LogP contribution in [0, 0.1) is 23.7 Å². The van der Waals surface area contributed by atoms with Gasteiger partial charge in [-0.15, -0.1) is 45.3 Å². The highest BCUT2D eigenvalue weighted by Crippen LogP contribution is 2.39. The van der Waals surface area contributed by atoms with E-state index in [0.717, 1.165) is 57.7 Å². The Kier molecular flexibility index (Phi) is 23.2. The lowest BCUT2D eigenvalue weighted by atomic mass is 9.95. The molecular weight excluding hydrogens is 1240 g/mol. The maximum atomic E-state index is 13.3. The summed E-state index contributed by atoms with van der Waals surface area (Å²) in [6.07, 6.45) is 4.65. The van der Waals surface area contributed by atoms with Gasteiger partial charge in [-0.25, -0.2) is 24.9 Å². The molecule has 0 spiro atoms. The van der Waals surface area contributed by atoms with Crippen LogP contribution >= 0.6 is 68.5 Å². The number of hydrogen-bond donors (Lipinski definition) is 3. The third-order valence-electron chi connectivity index (χ3n) is 14.2. The summed E-state index contributed by atoms with van der Waals surface area (Å²) in [4.78, 5) is 102. The molecule has 1 aliphatic carbocycles. The number of benzene rings is 4. The van der Waals surface area contributed by atoms with Gasteiger partial charge in [-0.05, 0) is 54.2 Å². The predicted molar refractivity (Wildman–Crippen MR) is 351 cm³/mol. The summed E-state index contributed by atoms with van der Waals surface area (Å²) >= 11 is 17.8. The summed E-state index contributed by atoms with van der Waals surface area (Å²) in [5.41, 5.74) is 9.94. The van der Waals surface area contributed by atoms with E-state index in [1.54, 1.807) is 38.8 Å². The van der Waals surface area contributed by atoms with Gasteiger partial charge in [0.15, 0.2) is 15.4 Å². The second-order valence-electron chi connectivity index (χ2n) is 21.0. The maximum Gasteiger partial charge on any atom is 0.304 e. The highest BCUT2D eigenvalue weighted by atomic mass is 35.5. The van der Waals surface area contributed by atoms with Crippen LogP contribution in [0.2, 0.25) is 10.0 Å². The zero-order valence-electron chi connectivity index (χ0n) is 48.6. The van der Waals surface area contributed by atoms with Crippen LogP contribution in [0.4, 0.5) is 21.2 Å². The lowest BCUT2D eigenvalue weighted by molar-refractivity contribution is -0.141. The molecule has 88 heavy (non-hydrogen) atoms. The van der Waals surface area contributed by atoms with Gasteiger partial charge in [0.2, 0.25) is 17.7 Å². The number of carbonyl (C=O) groups excluding carboxylic acids is 3. The number of aromatic nitrogens is 5. The molecule has 3 amide bonds. The molecule has 0 saturated heterocycles. The summed E-state index contributed by atoms with van der Waals surface area (Å²) in [7, 11) is 8.81. The van der Waals surface area contributed by atoms with Gasteiger partial charge in [0.25, 0.3) is 0 Å². The third kappa shape index (κ3) is 17.9. The molecular formula is C64H63Cl2N9O9S4. The fourth-order valence-electron chi connectivity index (χ4n) is 9.48. The van der Waals surface area contributed by atoms with Crippen LogP contribution in [-0.4, -0.2) is 111 Å². The first-order valence-electron chi connectivity index (χ1n) is 27.7. The molecule has 10 rings (SSSR count). The molecule has 2 unspecified atom stereocenters. The Morgan fingerprint density at radius 2 is 0.943 bits per heavy atom. The van der Waals surface area contributed by atoms with Gasteiger partial charge in [0.05, 0.1) is 59.4 Å². The van der Waals surface area contributed by atoms with Crippen LogP contribution in [0.5, 0.6) is 0 Å². The fraction of sp³-hybridized carbons (Fsp3) is 0.266. The van der Waals surface area contributed by atoms with Crippen LogP contribution in [0.3, 0.4) is 0 Å². The number of hydrogen-bond acceptors (Lipinski definition) is 16. The van der Waals surface area contributed by atoms with Crippen molar-refractivity contribution in [3.8, 4) is 44.9 Å². The molecule has 24 heteroatoms. The van der Waals surface area contributed by atoms with E-state index < -0.39 is 35.7 Å². The predicted octanol–water partition coefficient (Wildman–Crippen LogP) is 13.8. The van der Waals surface area contributed by atoms with Crippen molar-refractivity contribution in [2.24, 2.45) is 23.7 Å². The highest BCUT2D eigenvalue weighted by molar-refractivity contribution is 7.15. The number of pyridine rings is 1. The summed E-state index contributed by atoms with van der Waals surface area (Å²) in [6.45, 7) is 0. The highest BCUT2D eigenvalue weighted by Gasteiger charge is 2.34. The van der Waals surface area contributed by atoms with E-state index in [1.165, 1.54) is 60.0 Å². The van der Waals surface area contributed by atoms with Crippen LogP contribution < -0.4 is 19.6 Å². The Morgan fingerprint density at radius 1 is 0.511 bits per heavy atom. The Balaban J connectivity index is 0.000000175. The Bertz CT molecular complexity index is 3840. The monoisotopic (exact) mass is 1300 g/mol. The smallest absolute Gasteiger partial charge is 0.304 e. The van der Waals surface area contributed by atoms with Gasteiger partial charge in [0.1, 0.15) is 5.82 Å². The van der Waals surface area contributed by atoms with Gasteiger partial charge in [-0.1, -0.05) is 127 Å². The molecule has 1 saturated carbocycles. The first-order chi connectivity index (χ1) is 42.2. The summed E-state index contributed by atoms with van der Waals surface area (Å²) in [6, 6.07) is 36.2. The average molecular weight is 1300 g/mol. The minimum atomic E-state index is -1.02. The number of carboxylic acid groups (broad SMARTS) is 3. The third-order valence-corrected chi connectivity index (χ3v) is 18.3. The standard InChI is InChI=1S/C28H28N4O3S.C18H16ClN3O3S2.C18H19ClN2O3S/c1-31(2)25-14-13-20(17-29-25)22-11-7-8-12-23(22)24-18-36-28(30-24)32(3)27(35)21(16-26(33)34)15-19-9-5-4-6-10-19;1-22(17(25)11(7-16(23)24)6-12-8-26-10-20-12)18-21-15(9-27-18)13-4-2-3-5-14(13)19;1-21(17(24)12(9-16(22)23)8-11-6-7-11)18-20-15(10-25-18)13-4-2-3-5-14(13)19/h4-14,17-18,21H,15-16H2,1-3H3,(H,33,34);2-5,8-11H,6-7H2,1H3,(H,23,24);2-5,10-12H,6-9H2,1H3,(H,22,23)/t;;12-/m..1/s1. The summed E-state index contributed by atoms with van der Waals surface area (Å²) < 4.78 is 0. The van der Waals surface area contributed by atoms with Crippen molar-refractivity contribution in [1.82, 2.24) is 24.9 Å². The minimum Gasteiger partial charge on any atom is -0.481 e. The Morgan fingerprint density at radius 3 is 1.38 bits per heavy atom. The van der Waals surface area contributed by atoms with E-state index in [2.05, 4.69) is 19.9 Å². The Hall–Kier alpha value is -8.25. The number of rotatable bonds is 23. The van der Waals surface area contributed by atoms with E-state index in [0.29, 0.717) is 61.3 Å². The first kappa shape index (κ1) is 65.7. The van der Waals surface area contributed by atoms with Crippen molar-refractivity contribution >= 4 is 125 Å². The maximum absolute atomic E-state index is 13.3. The molecule has 456 valence electrons. The zero-order chi connectivity index (χ0) is 63.0. The van der Waals surface area contributed by atoms with Gasteiger partial charge >= 0.3 is 17.9 Å². The number of amides is 3. The van der Waals surface area contributed by atoms with E-state index >= 15 is 0 Å². The number of carbonyl (C=O) groups is 6. The van der Waals surface area contributed by atoms with Crippen LogP contribution in [0.1, 0.15) is 49.8 Å². The normalized spacial score (nSPS) is 12.7. The van der Waals surface area contributed by atoms with Crippen molar-refractivity contribution in [2.45, 2.75) is 51.4 Å². The van der Waals surface area contributed by atoms with Crippen molar-refractivity contribution in [2.75, 3.05) is 54.8 Å². The first-order valence-corrected chi connectivity index (χ1v) is 32.1. The molecule has 0 radical (unpaired) electrons. The van der Waals surface area contributed by atoms with Gasteiger partial charge in [-0.2, -0.15) is 0 Å². The lowest BCUT2D eigenvalue weighted by Crippen LogP contribution is -2.35. The second-order valence-corrected chi connectivity index (χ2v) is 25.0. The topological polar surface area (TPSA) is 241 Å². The summed E-state index contributed by atoms with van der Waals surface area (Å²) in [5.74, 6) is -4.24. The number of thiazole rings is 4. The van der Waals surface area contributed by atoms with Crippen LogP contribution in [0.25, 0.3) is 44.9 Å². The van der Waals surface area contributed by atoms with Gasteiger partial charge < -0.3 is 20.2 Å². The SMILES string of the molecule is CN(C(=O)C(CC(=O)O)Cc1cscn1)c1nc(-c2ccccc2Cl)cs1.CN(C(=O)[C@@H](CC(=O)O)CC1CC1)c1nc(-c2ccccc2Cl)cs1.CN(C)c1ccc(-c2ccccc2-c2csc(N(C)C(=O)C(CC(=O)O)Cc3ccccc3)n2)cn1. The molecule has 3 N–H and O–H groups in total. The van der Waals surface area contributed by atoms with Crippen LogP contribution in [-0.2, 0) is 41.6 Å². The van der Waals surface area contributed by atoms with E-state index in [9.17, 15) is 39.0 Å². The lowest BCUT2D eigenvalue weighted by Gasteiger charge is -2.21. The van der Waals surface area contributed by atoms with E-state index in [4.69, 9.17) is 33.3 Å². The minimum absolute atomic E-state index is 0.136. The zero-order valence-corrected chi connectivity index (χ0v) is 53.4. The number of halogens is 2. The summed E-state index contributed by atoms with van der Waals surface area (Å²) in [5, 5.41) is 37.9. The molecule has 3 atom stereocenters. The number of aliphatic carboxylic acids is 3. The Labute approximate surface area is 535 Å². The second kappa shape index (κ2) is 31.1. The molecule has 18 nitrogen and oxygen atoms in total. The van der Waals surface area contributed by atoms with E-state index in [1.807, 2.05) is 150 Å². The number of nitrogens with zero attached hydrogens (tertiary/aromatic N) is 9. The molecule has 5 heterocycles. The van der Waals surface area contributed by atoms with Crippen molar-refractivity contribution in [1.29, 1.82) is 0 Å². The fourth-order valence-corrected chi connectivity index (χ4v) is 12.9. The molecule has 9 aromatic rings. The largest absolute Gasteiger partial charge is 0.481 e.